The number of aliphatic hydroxyl groups is 1. The lowest BCUT2D eigenvalue weighted by molar-refractivity contribution is -0.116. The number of allylic oxidation sites excluding steroid dienone is 3. The van der Waals surface area contributed by atoms with E-state index >= 15 is 0 Å². The monoisotopic (exact) mass is 208 g/mol. The number of rotatable bonds is 2. The van der Waals surface area contributed by atoms with Gasteiger partial charge in [-0.05, 0) is 36.8 Å². The van der Waals surface area contributed by atoms with Crippen LogP contribution in [0.5, 0.6) is 0 Å². The molecule has 0 aliphatic heterocycles. The van der Waals surface area contributed by atoms with Crippen LogP contribution in [-0.2, 0) is 4.79 Å². The summed E-state index contributed by atoms with van der Waals surface area (Å²) >= 11 is 0. The first-order valence-corrected chi connectivity index (χ1v) is 5.40. The summed E-state index contributed by atoms with van der Waals surface area (Å²) in [5.41, 5.74) is 2.26. The van der Waals surface area contributed by atoms with Gasteiger partial charge >= 0.3 is 0 Å². The molecule has 1 aliphatic rings. The zero-order valence-electron chi connectivity index (χ0n) is 10.0. The van der Waals surface area contributed by atoms with Crippen LogP contribution in [0.3, 0.4) is 0 Å². The molecule has 1 N–H and O–H groups in total. The maximum atomic E-state index is 11.0. The quantitative estimate of drug-likeness (QED) is 0.757. The minimum absolute atomic E-state index is 0.0340. The Morgan fingerprint density at radius 2 is 2.27 bits per heavy atom. The lowest BCUT2D eigenvalue weighted by Crippen LogP contribution is -2.27. The Balaban J connectivity index is 2.98. The molecule has 0 fully saturated rings. The standard InChI is InChI=1S/C13H20O2/c1-9-7-11(15)8-13(3,4)12(9)6-5-10(2)14/h6-7,11,15H,5,8H2,1-4H3/t11-/m0/s1. The second-order valence-corrected chi connectivity index (χ2v) is 5.03. The number of carbonyl (C=O) groups excluding carboxylic acids is 1. The zero-order chi connectivity index (χ0) is 11.6. The normalized spacial score (nSPS) is 27.7. The summed E-state index contributed by atoms with van der Waals surface area (Å²) in [5.74, 6) is 0.178. The molecule has 15 heavy (non-hydrogen) atoms. The van der Waals surface area contributed by atoms with Crippen molar-refractivity contribution in [3.8, 4) is 0 Å². The third kappa shape index (κ3) is 3.03. The Bertz CT molecular complexity index is 321. The maximum Gasteiger partial charge on any atom is 0.133 e. The Hall–Kier alpha value is -0.890. The number of carbonyl (C=O) groups is 1. The number of aliphatic hydroxyl groups excluding tert-OH is 1. The van der Waals surface area contributed by atoms with E-state index in [0.717, 1.165) is 12.0 Å². The second-order valence-electron chi connectivity index (χ2n) is 5.03. The Labute approximate surface area is 91.7 Å². The smallest absolute Gasteiger partial charge is 0.133 e. The predicted octanol–water partition coefficient (Wildman–Crippen LogP) is 2.63. The first kappa shape index (κ1) is 12.2. The molecule has 0 unspecified atom stereocenters. The second kappa shape index (κ2) is 4.31. The van der Waals surface area contributed by atoms with Gasteiger partial charge in [0.15, 0.2) is 0 Å². The van der Waals surface area contributed by atoms with Gasteiger partial charge in [-0.15, -0.1) is 0 Å². The topological polar surface area (TPSA) is 37.3 Å². The lowest BCUT2D eigenvalue weighted by Gasteiger charge is -2.35. The molecule has 2 nitrogen and oxygen atoms in total. The van der Waals surface area contributed by atoms with Crippen LogP contribution < -0.4 is 0 Å². The van der Waals surface area contributed by atoms with E-state index in [-0.39, 0.29) is 17.3 Å². The summed E-state index contributed by atoms with van der Waals surface area (Å²) < 4.78 is 0. The van der Waals surface area contributed by atoms with E-state index in [2.05, 4.69) is 13.8 Å². The van der Waals surface area contributed by atoms with E-state index in [1.165, 1.54) is 5.57 Å². The van der Waals surface area contributed by atoms with Gasteiger partial charge in [-0.3, -0.25) is 4.79 Å². The van der Waals surface area contributed by atoms with E-state index in [4.69, 9.17) is 0 Å². The largest absolute Gasteiger partial charge is 0.389 e. The van der Waals surface area contributed by atoms with Crippen molar-refractivity contribution in [1.82, 2.24) is 0 Å². The van der Waals surface area contributed by atoms with Gasteiger partial charge in [0, 0.05) is 6.42 Å². The van der Waals surface area contributed by atoms with Gasteiger partial charge in [-0.1, -0.05) is 26.0 Å². The number of ketones is 1. The minimum atomic E-state index is -0.352. The fourth-order valence-corrected chi connectivity index (χ4v) is 2.29. The highest BCUT2D eigenvalue weighted by Crippen LogP contribution is 2.40. The maximum absolute atomic E-state index is 11.0. The molecule has 2 heteroatoms. The molecule has 0 saturated heterocycles. The van der Waals surface area contributed by atoms with Crippen LogP contribution in [0.4, 0.5) is 0 Å². The molecule has 1 rings (SSSR count). The van der Waals surface area contributed by atoms with Crippen molar-refractivity contribution in [2.24, 2.45) is 5.41 Å². The molecule has 1 aliphatic carbocycles. The van der Waals surface area contributed by atoms with E-state index in [1.807, 2.05) is 19.1 Å². The van der Waals surface area contributed by atoms with Crippen LogP contribution in [0.25, 0.3) is 0 Å². The van der Waals surface area contributed by atoms with Crippen LogP contribution in [0, 0.1) is 5.41 Å². The van der Waals surface area contributed by atoms with E-state index in [9.17, 15) is 9.90 Å². The molecule has 84 valence electrons. The summed E-state index contributed by atoms with van der Waals surface area (Å²) in [6.07, 6.45) is 4.74. The number of Topliss-reactive ketones (excluding diaryl/α,β-unsaturated/α-hetero) is 1. The molecule has 0 aromatic heterocycles. The molecule has 0 heterocycles. The summed E-state index contributed by atoms with van der Waals surface area (Å²) in [7, 11) is 0. The lowest BCUT2D eigenvalue weighted by atomic mass is 9.72. The van der Waals surface area contributed by atoms with Gasteiger partial charge in [0.25, 0.3) is 0 Å². The van der Waals surface area contributed by atoms with Gasteiger partial charge in [-0.2, -0.15) is 0 Å². The summed E-state index contributed by atoms with van der Waals surface area (Å²) in [4.78, 5) is 11.0. The van der Waals surface area contributed by atoms with Crippen LogP contribution >= 0.6 is 0 Å². The van der Waals surface area contributed by atoms with Crippen molar-refractivity contribution >= 4 is 5.78 Å². The first-order chi connectivity index (χ1) is 6.83. The van der Waals surface area contributed by atoms with E-state index in [1.54, 1.807) is 6.92 Å². The van der Waals surface area contributed by atoms with E-state index < -0.39 is 0 Å². The average molecular weight is 208 g/mol. The van der Waals surface area contributed by atoms with Crippen LogP contribution in [0.15, 0.2) is 23.3 Å². The molecule has 1 atom stereocenters. The average Bonchev–Trinajstić information content (AvgIpc) is 1.98. The van der Waals surface area contributed by atoms with Crippen LogP contribution in [-0.4, -0.2) is 17.0 Å². The number of hydrogen-bond acceptors (Lipinski definition) is 2. The highest BCUT2D eigenvalue weighted by atomic mass is 16.3. The molecule has 0 bridgehead atoms. The predicted molar refractivity (Wildman–Crippen MR) is 61.5 cm³/mol. The Morgan fingerprint density at radius 1 is 1.67 bits per heavy atom. The molecule has 0 aromatic carbocycles. The van der Waals surface area contributed by atoms with Gasteiger partial charge in [-0.25, -0.2) is 0 Å². The molecular weight excluding hydrogens is 188 g/mol. The van der Waals surface area contributed by atoms with Crippen molar-refractivity contribution in [2.45, 2.75) is 46.6 Å². The molecule has 0 amide bonds. The summed E-state index contributed by atoms with van der Waals surface area (Å²) in [6, 6.07) is 0. The zero-order valence-corrected chi connectivity index (χ0v) is 10.0. The van der Waals surface area contributed by atoms with Gasteiger partial charge in [0.05, 0.1) is 6.10 Å². The summed E-state index contributed by atoms with van der Waals surface area (Å²) in [5, 5.41) is 9.64. The molecule has 0 aromatic rings. The minimum Gasteiger partial charge on any atom is -0.389 e. The fourth-order valence-electron chi connectivity index (χ4n) is 2.29. The van der Waals surface area contributed by atoms with Gasteiger partial charge < -0.3 is 5.11 Å². The third-order valence-electron chi connectivity index (χ3n) is 2.91. The van der Waals surface area contributed by atoms with Crippen LogP contribution in [0.2, 0.25) is 0 Å². The first-order valence-electron chi connectivity index (χ1n) is 5.40. The van der Waals surface area contributed by atoms with Crippen LogP contribution in [0.1, 0.15) is 40.5 Å². The number of hydrogen-bond donors (Lipinski definition) is 1. The van der Waals surface area contributed by atoms with Gasteiger partial charge in [0.2, 0.25) is 0 Å². The third-order valence-corrected chi connectivity index (χ3v) is 2.91. The Morgan fingerprint density at radius 3 is 2.73 bits per heavy atom. The van der Waals surface area contributed by atoms with Gasteiger partial charge in [0.1, 0.15) is 5.78 Å². The summed E-state index contributed by atoms with van der Waals surface area (Å²) in [6.45, 7) is 7.81. The van der Waals surface area contributed by atoms with Crippen molar-refractivity contribution < 1.29 is 9.90 Å². The van der Waals surface area contributed by atoms with E-state index in [0.29, 0.717) is 6.42 Å². The molecule has 0 spiro atoms. The van der Waals surface area contributed by atoms with Crippen molar-refractivity contribution in [3.05, 3.63) is 23.3 Å². The molecule has 0 radical (unpaired) electrons. The SMILES string of the molecule is CC(=O)CC=C1C(C)=C[C@H](O)CC1(C)C. The van der Waals surface area contributed by atoms with Crippen molar-refractivity contribution in [2.75, 3.05) is 0 Å². The van der Waals surface area contributed by atoms with Crippen molar-refractivity contribution in [3.63, 3.8) is 0 Å². The molecular formula is C13H20O2. The molecule has 0 saturated carbocycles. The Kier molecular flexibility index (Phi) is 3.50. The van der Waals surface area contributed by atoms with Crippen molar-refractivity contribution in [1.29, 1.82) is 0 Å². The fraction of sp³-hybridized carbons (Fsp3) is 0.615. The highest BCUT2D eigenvalue weighted by Gasteiger charge is 2.30. The highest BCUT2D eigenvalue weighted by molar-refractivity contribution is 5.77.